The third kappa shape index (κ3) is 6.69. The number of halogens is 3. The summed E-state index contributed by atoms with van der Waals surface area (Å²) in [5.41, 5.74) is 1.49. The lowest BCUT2D eigenvalue weighted by Crippen LogP contribution is -2.37. The Morgan fingerprint density at radius 2 is 2.04 bits per heavy atom. The van der Waals surface area contributed by atoms with Crippen LogP contribution >= 0.6 is 24.0 Å². The van der Waals surface area contributed by atoms with Gasteiger partial charge in [0, 0.05) is 25.2 Å². The largest absolute Gasteiger partial charge is 0.357 e. The van der Waals surface area contributed by atoms with Crippen molar-refractivity contribution in [1.29, 1.82) is 0 Å². The summed E-state index contributed by atoms with van der Waals surface area (Å²) in [6.45, 7) is 1.97. The highest BCUT2D eigenvalue weighted by atomic mass is 127. The van der Waals surface area contributed by atoms with E-state index in [1.807, 2.05) is 6.92 Å². The first-order valence-electron chi connectivity index (χ1n) is 8.34. The van der Waals surface area contributed by atoms with Gasteiger partial charge in [0.05, 0.1) is 18.0 Å². The van der Waals surface area contributed by atoms with Crippen molar-refractivity contribution in [2.45, 2.75) is 38.4 Å². The Kier molecular flexibility index (Phi) is 9.27. The second-order valence-corrected chi connectivity index (χ2v) is 7.93. The van der Waals surface area contributed by atoms with E-state index in [4.69, 9.17) is 0 Å². The van der Waals surface area contributed by atoms with Crippen molar-refractivity contribution in [2.24, 2.45) is 4.99 Å². The molecule has 0 saturated heterocycles. The topological polar surface area (TPSA) is 88.4 Å². The quantitative estimate of drug-likeness (QED) is 0.329. The predicted molar refractivity (Wildman–Crippen MR) is 115 cm³/mol. The van der Waals surface area contributed by atoms with Crippen molar-refractivity contribution in [3.8, 4) is 0 Å². The van der Waals surface area contributed by atoms with Crippen LogP contribution in [0.1, 0.15) is 30.4 Å². The van der Waals surface area contributed by atoms with Crippen LogP contribution in [0.5, 0.6) is 0 Å². The van der Waals surface area contributed by atoms with E-state index >= 15 is 0 Å². The van der Waals surface area contributed by atoms with Gasteiger partial charge in [0.15, 0.2) is 15.8 Å². The van der Waals surface area contributed by atoms with Gasteiger partial charge in [-0.05, 0) is 31.0 Å². The lowest BCUT2D eigenvalue weighted by Gasteiger charge is -2.12. The molecule has 0 spiro atoms. The van der Waals surface area contributed by atoms with Crippen molar-refractivity contribution in [1.82, 2.24) is 20.2 Å². The monoisotopic (exact) mass is 527 g/mol. The maximum absolute atomic E-state index is 12.9. The van der Waals surface area contributed by atoms with Gasteiger partial charge in [-0.2, -0.15) is 8.78 Å². The molecule has 0 saturated carbocycles. The number of alkyl halides is 2. The molecule has 0 fully saturated rings. The van der Waals surface area contributed by atoms with Crippen LogP contribution < -0.4 is 10.6 Å². The van der Waals surface area contributed by atoms with Crippen LogP contribution in [0.15, 0.2) is 40.5 Å². The summed E-state index contributed by atoms with van der Waals surface area (Å²) in [7, 11) is -3.27. The van der Waals surface area contributed by atoms with Crippen LogP contribution in [0.4, 0.5) is 8.78 Å². The fraction of sp³-hybridized carbons (Fsp3) is 0.412. The fourth-order valence-electron chi connectivity index (χ4n) is 2.56. The van der Waals surface area contributed by atoms with E-state index < -0.39 is 16.4 Å². The van der Waals surface area contributed by atoms with Gasteiger partial charge in [-0.3, -0.25) is 4.57 Å². The molecule has 2 aromatic rings. The number of imidazole rings is 1. The Bertz CT molecular complexity index is 916. The summed E-state index contributed by atoms with van der Waals surface area (Å²) in [6, 6.07) is 5.04. The molecular formula is C17H24F2IN5O2S. The molecule has 1 aromatic heterocycles. The van der Waals surface area contributed by atoms with Gasteiger partial charge < -0.3 is 10.6 Å². The summed E-state index contributed by atoms with van der Waals surface area (Å²) in [4.78, 5) is 8.61. The van der Waals surface area contributed by atoms with Gasteiger partial charge in [0.1, 0.15) is 5.82 Å². The Labute approximate surface area is 180 Å². The highest BCUT2D eigenvalue weighted by Gasteiger charge is 2.12. The lowest BCUT2D eigenvalue weighted by atomic mass is 10.1. The van der Waals surface area contributed by atoms with Crippen LogP contribution in [0.2, 0.25) is 0 Å². The molecule has 2 rings (SSSR count). The van der Waals surface area contributed by atoms with Crippen molar-refractivity contribution < 1.29 is 17.2 Å². The molecule has 28 heavy (non-hydrogen) atoms. The van der Waals surface area contributed by atoms with E-state index in [1.165, 1.54) is 18.6 Å². The number of aromatic nitrogens is 2. The molecule has 7 nitrogen and oxygen atoms in total. The number of hydrogen-bond acceptors (Lipinski definition) is 4. The second kappa shape index (κ2) is 10.7. The standard InChI is InChI=1S/C17H23F2N5O2S.HI/c1-4-20-17(23-11-15-21-7-8-24(15)16(18)19)22-10-13-5-6-14(12(2)9-13)27(3,25)26;/h5-9,16H,4,10-11H2,1-3H3,(H2,20,22,23);1H. The molecule has 0 radical (unpaired) electrons. The number of hydrogen-bond donors (Lipinski definition) is 2. The van der Waals surface area contributed by atoms with Gasteiger partial charge in [0.25, 0.3) is 0 Å². The zero-order valence-corrected chi connectivity index (χ0v) is 19.0. The highest BCUT2D eigenvalue weighted by Crippen LogP contribution is 2.17. The molecule has 0 unspecified atom stereocenters. The number of nitrogens with zero attached hydrogens (tertiary/aromatic N) is 3. The van der Waals surface area contributed by atoms with Crippen molar-refractivity contribution >= 4 is 39.8 Å². The highest BCUT2D eigenvalue weighted by molar-refractivity contribution is 14.0. The van der Waals surface area contributed by atoms with E-state index in [0.29, 0.717) is 29.5 Å². The van der Waals surface area contributed by atoms with Gasteiger partial charge >= 0.3 is 6.55 Å². The summed E-state index contributed by atoms with van der Waals surface area (Å²) in [6.07, 6.45) is 3.71. The first-order chi connectivity index (χ1) is 12.7. The van der Waals surface area contributed by atoms with E-state index in [-0.39, 0.29) is 36.3 Å². The van der Waals surface area contributed by atoms with Crippen molar-refractivity contribution in [3.05, 3.63) is 47.5 Å². The van der Waals surface area contributed by atoms with Crippen LogP contribution in [-0.4, -0.2) is 36.7 Å². The van der Waals surface area contributed by atoms with E-state index in [1.54, 1.807) is 25.1 Å². The summed E-state index contributed by atoms with van der Waals surface area (Å²) in [5, 5.41) is 6.00. The molecule has 1 aromatic carbocycles. The fourth-order valence-corrected chi connectivity index (χ4v) is 3.52. The third-order valence-electron chi connectivity index (χ3n) is 3.78. The van der Waals surface area contributed by atoms with E-state index in [0.717, 1.165) is 10.1 Å². The SMILES string of the molecule is CCNC(=NCc1ccc(S(C)(=O)=O)c(C)c1)NCc1nccn1C(F)F.I. The lowest BCUT2D eigenvalue weighted by molar-refractivity contribution is 0.0668. The minimum atomic E-state index is -3.27. The molecule has 11 heteroatoms. The van der Waals surface area contributed by atoms with Gasteiger partial charge in [-0.15, -0.1) is 24.0 Å². The number of guanidine groups is 1. The Morgan fingerprint density at radius 1 is 1.32 bits per heavy atom. The van der Waals surface area contributed by atoms with E-state index in [9.17, 15) is 17.2 Å². The molecule has 0 aliphatic heterocycles. The maximum Gasteiger partial charge on any atom is 0.319 e. The first kappa shape index (κ1) is 24.3. The molecule has 2 N–H and O–H groups in total. The second-order valence-electron chi connectivity index (χ2n) is 5.95. The smallest absolute Gasteiger partial charge is 0.319 e. The summed E-state index contributed by atoms with van der Waals surface area (Å²) < 4.78 is 49.9. The molecule has 0 bridgehead atoms. The van der Waals surface area contributed by atoms with Crippen molar-refractivity contribution in [2.75, 3.05) is 12.8 Å². The number of aryl methyl sites for hydroxylation is 1. The van der Waals surface area contributed by atoms with Crippen LogP contribution in [0, 0.1) is 6.92 Å². The number of sulfone groups is 1. The molecule has 156 valence electrons. The first-order valence-corrected chi connectivity index (χ1v) is 10.2. The van der Waals surface area contributed by atoms with Gasteiger partial charge in [0.2, 0.25) is 0 Å². The molecule has 0 amide bonds. The third-order valence-corrected chi connectivity index (χ3v) is 5.03. The van der Waals surface area contributed by atoms with Crippen LogP contribution in [-0.2, 0) is 22.9 Å². The van der Waals surface area contributed by atoms with Gasteiger partial charge in [-0.1, -0.05) is 12.1 Å². The molecule has 0 aliphatic rings. The Morgan fingerprint density at radius 3 is 2.61 bits per heavy atom. The van der Waals surface area contributed by atoms with Crippen molar-refractivity contribution in [3.63, 3.8) is 0 Å². The predicted octanol–water partition coefficient (Wildman–Crippen LogP) is 2.86. The van der Waals surface area contributed by atoms with Crippen LogP contribution in [0.3, 0.4) is 0 Å². The van der Waals surface area contributed by atoms with Gasteiger partial charge in [-0.25, -0.2) is 18.4 Å². The number of rotatable bonds is 7. The Balaban J connectivity index is 0.00000392. The molecule has 1 heterocycles. The van der Waals surface area contributed by atoms with E-state index in [2.05, 4.69) is 20.6 Å². The minimum absolute atomic E-state index is 0. The molecule has 0 atom stereocenters. The Hall–Kier alpha value is -1.76. The number of aliphatic imine (C=N–C) groups is 1. The maximum atomic E-state index is 12.9. The normalized spacial score (nSPS) is 12.0. The zero-order valence-electron chi connectivity index (χ0n) is 15.8. The molecular weight excluding hydrogens is 503 g/mol. The average Bonchev–Trinajstić information content (AvgIpc) is 3.05. The minimum Gasteiger partial charge on any atom is -0.357 e. The molecule has 0 aliphatic carbocycles. The summed E-state index contributed by atoms with van der Waals surface area (Å²) >= 11 is 0. The van der Waals surface area contributed by atoms with Crippen LogP contribution in [0.25, 0.3) is 0 Å². The average molecular weight is 527 g/mol. The zero-order chi connectivity index (χ0) is 20.0. The number of nitrogens with one attached hydrogen (secondary N) is 2. The number of benzene rings is 1. The summed E-state index contributed by atoms with van der Waals surface area (Å²) in [5.74, 6) is 0.648.